The molecule has 88 valence electrons. The molecule has 0 radical (unpaired) electrons. The highest BCUT2D eigenvalue weighted by Crippen LogP contribution is 2.25. The van der Waals surface area contributed by atoms with E-state index in [9.17, 15) is 0 Å². The van der Waals surface area contributed by atoms with Crippen molar-refractivity contribution in [2.24, 2.45) is 13.0 Å². The summed E-state index contributed by atoms with van der Waals surface area (Å²) in [5, 5.41) is 4.41. The van der Waals surface area contributed by atoms with Crippen LogP contribution in [0.3, 0.4) is 0 Å². The molecule has 2 rings (SSSR count). The van der Waals surface area contributed by atoms with Gasteiger partial charge in [-0.25, -0.2) is 0 Å². The smallest absolute Gasteiger partial charge is 0.179 e. The van der Waals surface area contributed by atoms with E-state index in [0.717, 1.165) is 21.6 Å². The standard InChI is InChI=1S/C11H18N4S/c1-6(2)8(4)15-10-9(12-11(15)16)7(3)13-14(10)5/h6,8H,1-5H3,(H,12,16). The van der Waals surface area contributed by atoms with E-state index in [2.05, 4.69) is 35.4 Å². The van der Waals surface area contributed by atoms with E-state index in [1.807, 2.05) is 18.7 Å². The zero-order chi connectivity index (χ0) is 12.0. The quantitative estimate of drug-likeness (QED) is 0.817. The third kappa shape index (κ3) is 1.50. The summed E-state index contributed by atoms with van der Waals surface area (Å²) in [7, 11) is 1.96. The zero-order valence-corrected chi connectivity index (χ0v) is 11.2. The van der Waals surface area contributed by atoms with Gasteiger partial charge >= 0.3 is 0 Å². The monoisotopic (exact) mass is 238 g/mol. The van der Waals surface area contributed by atoms with E-state index in [4.69, 9.17) is 12.2 Å². The van der Waals surface area contributed by atoms with Crippen LogP contribution in [0.2, 0.25) is 0 Å². The maximum absolute atomic E-state index is 5.39. The highest BCUT2D eigenvalue weighted by molar-refractivity contribution is 7.71. The summed E-state index contributed by atoms with van der Waals surface area (Å²) in [5.74, 6) is 0.543. The minimum absolute atomic E-state index is 0.371. The van der Waals surface area contributed by atoms with E-state index in [0.29, 0.717) is 12.0 Å². The molecule has 1 atom stereocenters. The van der Waals surface area contributed by atoms with Gasteiger partial charge in [0.05, 0.1) is 5.69 Å². The second-order valence-corrected chi connectivity index (χ2v) is 5.08. The maximum atomic E-state index is 5.39. The van der Waals surface area contributed by atoms with Crippen LogP contribution in [-0.2, 0) is 7.05 Å². The maximum Gasteiger partial charge on any atom is 0.179 e. The molecule has 0 bridgehead atoms. The van der Waals surface area contributed by atoms with Crippen molar-refractivity contribution in [2.75, 3.05) is 0 Å². The van der Waals surface area contributed by atoms with Gasteiger partial charge < -0.3 is 4.98 Å². The number of fused-ring (bicyclic) bond motifs is 1. The molecule has 0 spiro atoms. The number of H-pyrrole nitrogens is 1. The lowest BCUT2D eigenvalue weighted by molar-refractivity contribution is 0.408. The predicted molar refractivity (Wildman–Crippen MR) is 68.2 cm³/mol. The van der Waals surface area contributed by atoms with Gasteiger partial charge in [-0.2, -0.15) is 5.10 Å². The van der Waals surface area contributed by atoms with E-state index < -0.39 is 0 Å². The Hall–Kier alpha value is -1.10. The Balaban J connectivity index is 2.78. The summed E-state index contributed by atoms with van der Waals surface area (Å²) in [6.07, 6.45) is 0. The molecular weight excluding hydrogens is 220 g/mol. The largest absolute Gasteiger partial charge is 0.328 e. The SMILES string of the molecule is Cc1nn(C)c2c1[nH]c(=S)n2C(C)C(C)C. The van der Waals surface area contributed by atoms with Crippen molar-refractivity contribution in [3.63, 3.8) is 0 Å². The molecule has 1 N–H and O–H groups in total. The molecule has 5 heteroatoms. The Kier molecular flexibility index (Phi) is 2.66. The van der Waals surface area contributed by atoms with Gasteiger partial charge in [0.15, 0.2) is 10.4 Å². The normalized spacial score (nSPS) is 13.9. The molecule has 1 unspecified atom stereocenters. The molecule has 16 heavy (non-hydrogen) atoms. The number of aryl methyl sites for hydroxylation is 2. The fourth-order valence-electron chi connectivity index (χ4n) is 2.01. The molecule has 0 fully saturated rings. The van der Waals surface area contributed by atoms with E-state index in [1.54, 1.807) is 0 Å². The van der Waals surface area contributed by atoms with Gasteiger partial charge in [-0.05, 0) is 32.0 Å². The molecule has 0 saturated carbocycles. The lowest BCUT2D eigenvalue weighted by Crippen LogP contribution is -2.13. The van der Waals surface area contributed by atoms with Crippen LogP contribution >= 0.6 is 12.2 Å². The van der Waals surface area contributed by atoms with Crippen molar-refractivity contribution in [1.29, 1.82) is 0 Å². The van der Waals surface area contributed by atoms with Crippen LogP contribution in [-0.4, -0.2) is 19.3 Å². The third-order valence-corrected chi connectivity index (χ3v) is 3.54. The highest BCUT2D eigenvalue weighted by atomic mass is 32.1. The Bertz CT molecular complexity index is 573. The van der Waals surface area contributed by atoms with E-state index in [1.165, 1.54) is 0 Å². The second-order valence-electron chi connectivity index (χ2n) is 4.69. The number of aromatic amines is 1. The lowest BCUT2D eigenvalue weighted by atomic mass is 10.1. The van der Waals surface area contributed by atoms with Crippen molar-refractivity contribution in [3.05, 3.63) is 10.5 Å². The molecule has 0 aliphatic rings. The third-order valence-electron chi connectivity index (χ3n) is 3.24. The fraction of sp³-hybridized carbons (Fsp3) is 0.636. The van der Waals surface area contributed by atoms with Crippen molar-refractivity contribution in [1.82, 2.24) is 19.3 Å². The second kappa shape index (κ2) is 3.73. The Morgan fingerprint density at radius 3 is 2.50 bits per heavy atom. The first-order chi connectivity index (χ1) is 7.43. The van der Waals surface area contributed by atoms with Crippen LogP contribution in [0, 0.1) is 17.6 Å². The van der Waals surface area contributed by atoms with Crippen molar-refractivity contribution in [3.8, 4) is 0 Å². The first-order valence-electron chi connectivity index (χ1n) is 5.57. The predicted octanol–water partition coefficient (Wildman–Crippen LogP) is 2.96. The number of aromatic nitrogens is 4. The van der Waals surface area contributed by atoms with Crippen LogP contribution in [0.1, 0.15) is 32.5 Å². The van der Waals surface area contributed by atoms with Crippen LogP contribution in [0.5, 0.6) is 0 Å². The molecule has 4 nitrogen and oxygen atoms in total. The average molecular weight is 238 g/mol. The van der Waals surface area contributed by atoms with E-state index in [-0.39, 0.29) is 0 Å². The number of hydrogen-bond acceptors (Lipinski definition) is 2. The molecule has 2 heterocycles. The Morgan fingerprint density at radius 2 is 1.94 bits per heavy atom. The number of rotatable bonds is 2. The summed E-state index contributed by atoms with van der Waals surface area (Å²) in [6, 6.07) is 0.371. The van der Waals surface area contributed by atoms with Crippen LogP contribution in [0.4, 0.5) is 0 Å². The van der Waals surface area contributed by atoms with Crippen molar-refractivity contribution in [2.45, 2.75) is 33.7 Å². The molecule has 0 saturated heterocycles. The van der Waals surface area contributed by atoms with Crippen molar-refractivity contribution >= 4 is 23.4 Å². The van der Waals surface area contributed by atoms with Gasteiger partial charge in [-0.15, -0.1) is 0 Å². The van der Waals surface area contributed by atoms with Gasteiger partial charge in [0.1, 0.15) is 5.52 Å². The van der Waals surface area contributed by atoms with Crippen molar-refractivity contribution < 1.29 is 0 Å². The molecule has 2 aromatic heterocycles. The summed E-state index contributed by atoms with van der Waals surface area (Å²) in [5.41, 5.74) is 3.14. The molecule has 0 aliphatic heterocycles. The number of nitrogens with one attached hydrogen (secondary N) is 1. The van der Waals surface area contributed by atoms with Gasteiger partial charge in [0.2, 0.25) is 0 Å². The number of imidazole rings is 1. The number of hydrogen-bond donors (Lipinski definition) is 1. The van der Waals surface area contributed by atoms with Gasteiger partial charge in [0.25, 0.3) is 0 Å². The van der Waals surface area contributed by atoms with Gasteiger partial charge in [-0.3, -0.25) is 9.25 Å². The van der Waals surface area contributed by atoms with E-state index >= 15 is 0 Å². The first-order valence-corrected chi connectivity index (χ1v) is 5.98. The lowest BCUT2D eigenvalue weighted by Gasteiger charge is -2.18. The Morgan fingerprint density at radius 1 is 1.31 bits per heavy atom. The van der Waals surface area contributed by atoms with Crippen LogP contribution in [0.25, 0.3) is 11.2 Å². The summed E-state index contributed by atoms with van der Waals surface area (Å²) < 4.78 is 4.85. The summed E-state index contributed by atoms with van der Waals surface area (Å²) in [4.78, 5) is 3.25. The first kappa shape index (κ1) is 11.4. The van der Waals surface area contributed by atoms with Gasteiger partial charge in [0, 0.05) is 13.1 Å². The number of nitrogens with zero attached hydrogens (tertiary/aromatic N) is 3. The van der Waals surface area contributed by atoms with Crippen LogP contribution in [0.15, 0.2) is 0 Å². The van der Waals surface area contributed by atoms with Gasteiger partial charge in [-0.1, -0.05) is 13.8 Å². The van der Waals surface area contributed by atoms with Crippen LogP contribution < -0.4 is 0 Å². The fourth-order valence-corrected chi connectivity index (χ4v) is 2.36. The zero-order valence-electron chi connectivity index (χ0n) is 10.4. The topological polar surface area (TPSA) is 38.5 Å². The highest BCUT2D eigenvalue weighted by Gasteiger charge is 2.18. The molecule has 0 aromatic carbocycles. The summed E-state index contributed by atoms with van der Waals surface area (Å²) in [6.45, 7) is 8.59. The molecular formula is C11H18N4S. The molecule has 2 aromatic rings. The molecule has 0 aliphatic carbocycles. The summed E-state index contributed by atoms with van der Waals surface area (Å²) >= 11 is 5.39. The minimum atomic E-state index is 0.371. The minimum Gasteiger partial charge on any atom is -0.328 e. The molecule has 0 amide bonds. The average Bonchev–Trinajstić information content (AvgIpc) is 2.65. The Labute approximate surface area is 100 Å².